The van der Waals surface area contributed by atoms with E-state index in [-0.39, 0.29) is 6.04 Å². The molecule has 1 atom stereocenters. The van der Waals surface area contributed by atoms with Crippen molar-refractivity contribution in [3.05, 3.63) is 0 Å². The molecule has 1 heterocycles. The summed E-state index contributed by atoms with van der Waals surface area (Å²) in [4.78, 5) is 11.2. The molecule has 0 bridgehead atoms. The number of hydrogen-bond donors (Lipinski definition) is 0. The van der Waals surface area contributed by atoms with Crippen LogP contribution in [-0.2, 0) is 0 Å². The smallest absolute Gasteiger partial charge is 0.219 e. The van der Waals surface area contributed by atoms with Gasteiger partial charge in [0.2, 0.25) is 5.29 Å². The Kier molecular flexibility index (Phi) is 3.85. The number of amidine groups is 2. The van der Waals surface area contributed by atoms with Gasteiger partial charge in [0.25, 0.3) is 0 Å². The maximum Gasteiger partial charge on any atom is 0.219 e. The summed E-state index contributed by atoms with van der Waals surface area (Å²) >= 11 is 6.00. The van der Waals surface area contributed by atoms with Gasteiger partial charge < -0.3 is 4.90 Å². The molecule has 2 aliphatic rings. The molecule has 1 saturated carbocycles. The third-order valence-corrected chi connectivity index (χ3v) is 3.60. The van der Waals surface area contributed by atoms with Crippen LogP contribution in [0.3, 0.4) is 0 Å². The molecule has 3 nitrogen and oxygen atoms in total. The third-order valence-electron chi connectivity index (χ3n) is 3.42. The second-order valence-corrected chi connectivity index (χ2v) is 5.06. The molecule has 1 fully saturated rings. The van der Waals surface area contributed by atoms with E-state index in [1.54, 1.807) is 0 Å². The minimum absolute atomic E-state index is 0.251. The van der Waals surface area contributed by atoms with Gasteiger partial charge in [-0.1, -0.05) is 19.8 Å². The predicted molar refractivity (Wildman–Crippen MR) is 69.4 cm³/mol. The molecule has 0 aromatic rings. The van der Waals surface area contributed by atoms with Crippen molar-refractivity contribution in [1.82, 2.24) is 4.90 Å². The molecule has 1 unspecified atom stereocenters. The Bertz CT molecular complexity index is 305. The standard InChI is InChI=1S/C12H20ClN3/c1-3-11-15-12(13)14-9(2)8-16(11)10-6-4-5-7-10/h9-10H,3-8H2,1-2H3. The van der Waals surface area contributed by atoms with Crippen LogP contribution in [0.15, 0.2) is 9.98 Å². The fourth-order valence-electron chi connectivity index (χ4n) is 2.67. The Morgan fingerprint density at radius 1 is 1.38 bits per heavy atom. The highest BCUT2D eigenvalue weighted by Gasteiger charge is 2.27. The first-order valence-corrected chi connectivity index (χ1v) is 6.66. The van der Waals surface area contributed by atoms with Crippen molar-refractivity contribution in [2.24, 2.45) is 9.98 Å². The molecule has 0 aromatic carbocycles. The summed E-state index contributed by atoms with van der Waals surface area (Å²) in [6.07, 6.45) is 6.23. The maximum atomic E-state index is 6.00. The summed E-state index contributed by atoms with van der Waals surface area (Å²) in [6, 6.07) is 0.916. The Balaban J connectivity index is 2.18. The molecule has 0 amide bonds. The summed E-state index contributed by atoms with van der Waals surface area (Å²) in [5, 5.41) is 0.421. The SMILES string of the molecule is CCC1=NC(Cl)=NC(C)CN1C1CCCC1. The van der Waals surface area contributed by atoms with Crippen LogP contribution in [0.1, 0.15) is 46.0 Å². The second-order valence-electron chi connectivity index (χ2n) is 4.72. The highest BCUT2D eigenvalue weighted by Crippen LogP contribution is 2.26. The molecule has 4 heteroatoms. The van der Waals surface area contributed by atoms with E-state index in [0.29, 0.717) is 11.3 Å². The van der Waals surface area contributed by atoms with Crippen LogP contribution in [-0.4, -0.2) is 34.7 Å². The van der Waals surface area contributed by atoms with Gasteiger partial charge in [0.05, 0.1) is 6.04 Å². The summed E-state index contributed by atoms with van der Waals surface area (Å²) in [5.41, 5.74) is 0. The monoisotopic (exact) mass is 241 g/mol. The van der Waals surface area contributed by atoms with E-state index < -0.39 is 0 Å². The normalized spacial score (nSPS) is 27.7. The quantitative estimate of drug-likeness (QED) is 0.683. The van der Waals surface area contributed by atoms with Crippen molar-refractivity contribution in [1.29, 1.82) is 0 Å². The van der Waals surface area contributed by atoms with Gasteiger partial charge in [-0.2, -0.15) is 0 Å². The highest BCUT2D eigenvalue weighted by molar-refractivity contribution is 6.65. The van der Waals surface area contributed by atoms with Crippen LogP contribution in [0, 0.1) is 0 Å². The molecular formula is C12H20ClN3. The molecule has 16 heavy (non-hydrogen) atoms. The first-order chi connectivity index (χ1) is 7.70. The Morgan fingerprint density at radius 2 is 2.06 bits per heavy atom. The van der Waals surface area contributed by atoms with Gasteiger partial charge in [-0.05, 0) is 31.4 Å². The highest BCUT2D eigenvalue weighted by atomic mass is 35.5. The molecule has 0 radical (unpaired) electrons. The molecular weight excluding hydrogens is 222 g/mol. The molecule has 2 rings (SSSR count). The van der Waals surface area contributed by atoms with Crippen LogP contribution in [0.2, 0.25) is 0 Å². The first-order valence-electron chi connectivity index (χ1n) is 6.28. The van der Waals surface area contributed by atoms with E-state index in [4.69, 9.17) is 11.6 Å². The van der Waals surface area contributed by atoms with Gasteiger partial charge in [-0.3, -0.25) is 4.99 Å². The molecule has 1 aliphatic carbocycles. The summed E-state index contributed by atoms with van der Waals surface area (Å²) in [5.74, 6) is 1.12. The molecule has 0 saturated heterocycles. The average molecular weight is 242 g/mol. The van der Waals surface area contributed by atoms with Gasteiger partial charge in [-0.25, -0.2) is 4.99 Å². The number of aliphatic imine (C=N–C) groups is 2. The molecule has 0 aromatic heterocycles. The number of halogens is 1. The predicted octanol–water partition coefficient (Wildman–Crippen LogP) is 3.04. The number of hydrogen-bond acceptors (Lipinski definition) is 3. The van der Waals surface area contributed by atoms with Crippen LogP contribution < -0.4 is 0 Å². The van der Waals surface area contributed by atoms with Crippen molar-refractivity contribution in [3.63, 3.8) is 0 Å². The first kappa shape index (κ1) is 11.9. The van der Waals surface area contributed by atoms with Crippen LogP contribution in [0.25, 0.3) is 0 Å². The summed E-state index contributed by atoms with van der Waals surface area (Å²) in [7, 11) is 0. The molecule has 1 aliphatic heterocycles. The van der Waals surface area contributed by atoms with E-state index in [1.165, 1.54) is 25.7 Å². The van der Waals surface area contributed by atoms with Crippen molar-refractivity contribution >= 4 is 22.7 Å². The number of nitrogens with zero attached hydrogens (tertiary/aromatic N) is 3. The van der Waals surface area contributed by atoms with Gasteiger partial charge in [0, 0.05) is 19.0 Å². The van der Waals surface area contributed by atoms with Gasteiger partial charge in [0.1, 0.15) is 5.84 Å². The minimum atomic E-state index is 0.251. The van der Waals surface area contributed by atoms with E-state index in [1.807, 2.05) is 0 Å². The van der Waals surface area contributed by atoms with Crippen molar-refractivity contribution in [2.75, 3.05) is 6.54 Å². The van der Waals surface area contributed by atoms with Crippen molar-refractivity contribution in [3.8, 4) is 0 Å². The Hall–Kier alpha value is -0.570. The van der Waals surface area contributed by atoms with E-state index in [2.05, 4.69) is 28.7 Å². The van der Waals surface area contributed by atoms with Crippen LogP contribution in [0.4, 0.5) is 0 Å². The summed E-state index contributed by atoms with van der Waals surface area (Å²) in [6.45, 7) is 5.22. The van der Waals surface area contributed by atoms with Crippen LogP contribution in [0.5, 0.6) is 0 Å². The zero-order chi connectivity index (χ0) is 11.5. The molecule has 90 valence electrons. The van der Waals surface area contributed by atoms with Gasteiger partial charge in [0.15, 0.2) is 0 Å². The lowest BCUT2D eigenvalue weighted by Crippen LogP contribution is -2.41. The lowest BCUT2D eigenvalue weighted by atomic mass is 10.1. The molecule has 0 N–H and O–H groups in total. The fraction of sp³-hybridized carbons (Fsp3) is 0.833. The third kappa shape index (κ3) is 2.57. The van der Waals surface area contributed by atoms with E-state index in [0.717, 1.165) is 18.8 Å². The zero-order valence-corrected chi connectivity index (χ0v) is 10.9. The number of rotatable bonds is 2. The maximum absolute atomic E-state index is 6.00. The fourth-order valence-corrected chi connectivity index (χ4v) is 2.93. The second kappa shape index (κ2) is 5.17. The Labute approximate surface area is 103 Å². The van der Waals surface area contributed by atoms with E-state index >= 15 is 0 Å². The average Bonchev–Trinajstić information content (AvgIpc) is 2.71. The van der Waals surface area contributed by atoms with Crippen molar-refractivity contribution in [2.45, 2.75) is 58.0 Å². The van der Waals surface area contributed by atoms with Crippen molar-refractivity contribution < 1.29 is 0 Å². The largest absolute Gasteiger partial charge is 0.355 e. The summed E-state index contributed by atoms with van der Waals surface area (Å²) < 4.78 is 0. The van der Waals surface area contributed by atoms with Crippen LogP contribution >= 0.6 is 11.6 Å². The van der Waals surface area contributed by atoms with Gasteiger partial charge >= 0.3 is 0 Å². The van der Waals surface area contributed by atoms with E-state index in [9.17, 15) is 0 Å². The minimum Gasteiger partial charge on any atom is -0.355 e. The lowest BCUT2D eigenvalue weighted by molar-refractivity contribution is 0.299. The Morgan fingerprint density at radius 3 is 2.69 bits per heavy atom. The van der Waals surface area contributed by atoms with Gasteiger partial charge in [-0.15, -0.1) is 0 Å². The lowest BCUT2D eigenvalue weighted by Gasteiger charge is -2.31. The molecule has 0 spiro atoms. The zero-order valence-electron chi connectivity index (χ0n) is 10.1. The topological polar surface area (TPSA) is 28.0 Å².